The number of carbonyl (C=O) groups is 2. The van der Waals surface area contributed by atoms with E-state index in [-0.39, 0.29) is 18.4 Å². The maximum absolute atomic E-state index is 14.0. The van der Waals surface area contributed by atoms with E-state index in [1.165, 1.54) is 0 Å². The minimum absolute atomic E-state index is 0.118. The lowest BCUT2D eigenvalue weighted by Crippen LogP contribution is -2.41. The van der Waals surface area contributed by atoms with Crippen molar-refractivity contribution in [1.82, 2.24) is 9.88 Å². The predicted molar refractivity (Wildman–Crippen MR) is 135 cm³/mol. The summed E-state index contributed by atoms with van der Waals surface area (Å²) in [6, 6.07) is 16.2. The fraction of sp³-hybridized carbons (Fsp3) is 0.321. The Kier molecular flexibility index (Phi) is 6.26. The molecule has 8 heteroatoms. The zero-order valence-electron chi connectivity index (χ0n) is 20.8. The topological polar surface area (TPSA) is 81.2 Å². The van der Waals surface area contributed by atoms with E-state index in [1.54, 1.807) is 36.3 Å². The second kappa shape index (κ2) is 9.53. The van der Waals surface area contributed by atoms with E-state index in [0.717, 1.165) is 16.7 Å². The lowest BCUT2D eigenvalue weighted by molar-refractivity contribution is -0.120. The Labute approximate surface area is 210 Å². The first-order valence-corrected chi connectivity index (χ1v) is 12.0. The summed E-state index contributed by atoms with van der Waals surface area (Å²) < 4.78 is 16.8. The first-order chi connectivity index (χ1) is 17.4. The van der Waals surface area contributed by atoms with Gasteiger partial charge in [-0.2, -0.15) is 0 Å². The molecule has 0 N–H and O–H groups in total. The molecular weight excluding hydrogens is 458 g/mol. The van der Waals surface area contributed by atoms with Crippen molar-refractivity contribution in [1.29, 1.82) is 0 Å². The molecule has 1 saturated heterocycles. The van der Waals surface area contributed by atoms with Gasteiger partial charge in [-0.25, -0.2) is 4.79 Å². The van der Waals surface area contributed by atoms with Gasteiger partial charge in [-0.15, -0.1) is 0 Å². The highest BCUT2D eigenvalue weighted by Crippen LogP contribution is 2.52. The molecule has 0 radical (unpaired) electrons. The van der Waals surface area contributed by atoms with Crippen LogP contribution in [0.3, 0.4) is 0 Å². The van der Waals surface area contributed by atoms with Crippen LogP contribution in [0, 0.1) is 5.92 Å². The molecule has 0 unspecified atom stereocenters. The molecule has 8 nitrogen and oxygen atoms in total. The lowest BCUT2D eigenvalue weighted by atomic mass is 9.95. The van der Waals surface area contributed by atoms with Crippen molar-refractivity contribution < 1.29 is 23.8 Å². The van der Waals surface area contributed by atoms with E-state index in [0.29, 0.717) is 29.3 Å². The van der Waals surface area contributed by atoms with Crippen LogP contribution in [0.2, 0.25) is 0 Å². The van der Waals surface area contributed by atoms with E-state index in [2.05, 4.69) is 4.98 Å². The molecule has 2 aromatic carbocycles. The molecular formula is C28H29N3O5. The van der Waals surface area contributed by atoms with Crippen molar-refractivity contribution in [3.8, 4) is 22.8 Å². The molecule has 2 atom stereocenters. The molecule has 2 aliphatic heterocycles. The van der Waals surface area contributed by atoms with Gasteiger partial charge in [-0.05, 0) is 30.0 Å². The summed E-state index contributed by atoms with van der Waals surface area (Å²) in [6.07, 6.45) is 0.989. The number of aromatic nitrogens is 1. The Hall–Kier alpha value is -4.07. The average Bonchev–Trinajstić information content (AvgIpc) is 3.18. The summed E-state index contributed by atoms with van der Waals surface area (Å²) >= 11 is 0. The van der Waals surface area contributed by atoms with Crippen LogP contribution < -0.4 is 14.4 Å². The molecule has 0 bridgehead atoms. The van der Waals surface area contributed by atoms with Gasteiger partial charge in [-0.1, -0.05) is 50.2 Å². The number of rotatable bonds is 6. The van der Waals surface area contributed by atoms with Gasteiger partial charge >= 0.3 is 6.09 Å². The van der Waals surface area contributed by atoms with Crippen molar-refractivity contribution in [3.05, 3.63) is 71.9 Å². The normalized spacial score (nSPS) is 18.0. The third kappa shape index (κ3) is 3.92. The Bertz CT molecular complexity index is 1290. The minimum atomic E-state index is -0.682. The van der Waals surface area contributed by atoms with Crippen molar-refractivity contribution in [2.24, 2.45) is 5.92 Å². The Morgan fingerprint density at radius 1 is 1.03 bits per heavy atom. The maximum Gasteiger partial charge on any atom is 0.412 e. The number of benzene rings is 2. The standard InChI is InChI=1S/C28H29N3O5/c1-17(2)13-22-27(32)30-21-15-24(35-4)23(34-3)14-20(21)25-19(11-8-12-29-25)26(30)31(22)28(33)36-16-18-9-6-5-7-10-18/h5-12,14-15,17,22,26H,13,16H2,1-4H3/t22-,26-/m0/s1. The molecule has 2 aliphatic rings. The van der Waals surface area contributed by atoms with Gasteiger partial charge < -0.3 is 14.2 Å². The third-order valence-electron chi connectivity index (χ3n) is 6.61. The maximum atomic E-state index is 14.0. The summed E-state index contributed by atoms with van der Waals surface area (Å²) in [5, 5.41) is 0. The second-order valence-electron chi connectivity index (χ2n) is 9.34. The van der Waals surface area contributed by atoms with Crippen LogP contribution in [0.25, 0.3) is 11.3 Å². The van der Waals surface area contributed by atoms with Crippen molar-refractivity contribution in [3.63, 3.8) is 0 Å². The van der Waals surface area contributed by atoms with E-state index in [9.17, 15) is 9.59 Å². The fourth-order valence-electron chi connectivity index (χ4n) is 5.02. The third-order valence-corrected chi connectivity index (χ3v) is 6.61. The van der Waals surface area contributed by atoms with E-state index >= 15 is 0 Å². The number of fused-ring (bicyclic) bond motifs is 6. The molecule has 186 valence electrons. The highest BCUT2D eigenvalue weighted by Gasteiger charge is 2.54. The van der Waals surface area contributed by atoms with Gasteiger partial charge in [-0.3, -0.25) is 19.6 Å². The van der Waals surface area contributed by atoms with Gasteiger partial charge in [0.05, 0.1) is 25.6 Å². The van der Waals surface area contributed by atoms with E-state index in [4.69, 9.17) is 14.2 Å². The Morgan fingerprint density at radius 2 is 1.75 bits per heavy atom. The Balaban J connectivity index is 1.62. The zero-order chi connectivity index (χ0) is 25.4. The number of anilines is 1. The van der Waals surface area contributed by atoms with Crippen LogP contribution in [0.4, 0.5) is 10.5 Å². The Morgan fingerprint density at radius 3 is 2.44 bits per heavy atom. The van der Waals surface area contributed by atoms with Crippen molar-refractivity contribution >= 4 is 17.7 Å². The van der Waals surface area contributed by atoms with Crippen LogP contribution in [0.5, 0.6) is 11.5 Å². The van der Waals surface area contributed by atoms with E-state index < -0.39 is 18.3 Å². The van der Waals surface area contributed by atoms with Crippen LogP contribution in [-0.2, 0) is 16.1 Å². The smallest absolute Gasteiger partial charge is 0.412 e. The van der Waals surface area contributed by atoms with E-state index in [1.807, 2.05) is 62.4 Å². The molecule has 2 amide bonds. The number of carbonyl (C=O) groups excluding carboxylic acids is 2. The quantitative estimate of drug-likeness (QED) is 0.477. The van der Waals surface area contributed by atoms with Gasteiger partial charge in [0.25, 0.3) is 5.91 Å². The van der Waals surface area contributed by atoms with Crippen LogP contribution in [0.15, 0.2) is 60.8 Å². The van der Waals surface area contributed by atoms with Crippen LogP contribution in [-0.4, -0.2) is 42.1 Å². The monoisotopic (exact) mass is 487 g/mol. The number of methoxy groups -OCH3 is 2. The van der Waals surface area contributed by atoms with Crippen molar-refractivity contribution in [2.45, 2.75) is 39.1 Å². The highest BCUT2D eigenvalue weighted by atomic mass is 16.6. The summed E-state index contributed by atoms with van der Waals surface area (Å²) in [7, 11) is 3.12. The summed E-state index contributed by atoms with van der Waals surface area (Å²) in [6.45, 7) is 4.19. The average molecular weight is 488 g/mol. The molecule has 36 heavy (non-hydrogen) atoms. The number of ether oxygens (including phenoxy) is 3. The van der Waals surface area contributed by atoms with Crippen LogP contribution >= 0.6 is 0 Å². The predicted octanol–water partition coefficient (Wildman–Crippen LogP) is 5.18. The molecule has 3 heterocycles. The first kappa shape index (κ1) is 23.7. The molecule has 5 rings (SSSR count). The second-order valence-corrected chi connectivity index (χ2v) is 9.34. The fourth-order valence-corrected chi connectivity index (χ4v) is 5.02. The number of amides is 2. The van der Waals surface area contributed by atoms with Gasteiger partial charge in [0.15, 0.2) is 11.5 Å². The molecule has 1 fully saturated rings. The first-order valence-electron chi connectivity index (χ1n) is 12.0. The molecule has 0 aliphatic carbocycles. The lowest BCUT2D eigenvalue weighted by Gasteiger charge is -2.36. The zero-order valence-corrected chi connectivity index (χ0v) is 20.8. The number of nitrogens with zero attached hydrogens (tertiary/aromatic N) is 3. The van der Waals surface area contributed by atoms with Crippen molar-refractivity contribution in [2.75, 3.05) is 19.1 Å². The molecule has 0 saturated carbocycles. The molecule has 0 spiro atoms. The highest BCUT2D eigenvalue weighted by molar-refractivity contribution is 6.07. The largest absolute Gasteiger partial charge is 0.493 e. The van der Waals surface area contributed by atoms with Gasteiger partial charge in [0.2, 0.25) is 0 Å². The SMILES string of the molecule is COc1cc2c(cc1OC)N1C(=O)[C@H](CC(C)C)N(C(=O)OCc3ccccc3)[C@H]1c1cccnc1-2. The summed E-state index contributed by atoms with van der Waals surface area (Å²) in [4.78, 5) is 35.5. The molecule has 3 aromatic rings. The van der Waals surface area contributed by atoms with Gasteiger partial charge in [0, 0.05) is 23.4 Å². The number of hydrogen-bond acceptors (Lipinski definition) is 6. The van der Waals surface area contributed by atoms with Gasteiger partial charge in [0.1, 0.15) is 18.8 Å². The number of pyridine rings is 1. The summed E-state index contributed by atoms with van der Waals surface area (Å²) in [5.41, 5.74) is 3.69. The minimum Gasteiger partial charge on any atom is -0.493 e. The van der Waals surface area contributed by atoms with Crippen LogP contribution in [0.1, 0.15) is 37.6 Å². The molecule has 1 aromatic heterocycles. The number of hydrogen-bond donors (Lipinski definition) is 0. The summed E-state index contributed by atoms with van der Waals surface area (Å²) in [5.74, 6) is 1.06.